The van der Waals surface area contributed by atoms with E-state index in [1.807, 2.05) is 41.5 Å². The Bertz CT molecular complexity index is 836. The van der Waals surface area contributed by atoms with Crippen LogP contribution in [0.3, 0.4) is 0 Å². The second-order valence-corrected chi connectivity index (χ2v) is 10.9. The van der Waals surface area contributed by atoms with Gasteiger partial charge >= 0.3 is 12.4 Å². The zero-order valence-electron chi connectivity index (χ0n) is 18.6. The molecule has 0 radical (unpaired) electrons. The van der Waals surface area contributed by atoms with Crippen molar-refractivity contribution in [2.45, 2.75) is 87.4 Å². The Labute approximate surface area is 184 Å². The summed E-state index contributed by atoms with van der Waals surface area (Å²) in [6.07, 6.45) is -10.6. The SMILES string of the molecule is CC(C)(C)c1cc(CC(F)(F)F)ccc1Sc1ccc(CC(F)(F)F)cc1C(C)(C)C. The summed E-state index contributed by atoms with van der Waals surface area (Å²) >= 11 is 1.39. The van der Waals surface area contributed by atoms with Crippen LogP contribution in [0.15, 0.2) is 46.2 Å². The van der Waals surface area contributed by atoms with Crippen LogP contribution >= 0.6 is 11.8 Å². The van der Waals surface area contributed by atoms with Crippen LogP contribution in [-0.4, -0.2) is 12.4 Å². The molecule has 0 aliphatic carbocycles. The van der Waals surface area contributed by atoms with Gasteiger partial charge in [0.15, 0.2) is 0 Å². The molecule has 0 unspecified atom stereocenters. The first-order valence-electron chi connectivity index (χ1n) is 9.93. The van der Waals surface area contributed by atoms with Crippen LogP contribution in [-0.2, 0) is 23.7 Å². The quantitative estimate of drug-likeness (QED) is 0.410. The minimum atomic E-state index is -4.29. The first kappa shape index (κ1) is 25.6. The van der Waals surface area contributed by atoms with Gasteiger partial charge in [-0.15, -0.1) is 0 Å². The van der Waals surface area contributed by atoms with Crippen LogP contribution in [0.2, 0.25) is 0 Å². The molecule has 0 amide bonds. The molecular formula is C24H28F6S. The van der Waals surface area contributed by atoms with Crippen molar-refractivity contribution in [3.8, 4) is 0 Å². The zero-order valence-corrected chi connectivity index (χ0v) is 19.4. The molecule has 0 saturated heterocycles. The van der Waals surface area contributed by atoms with E-state index in [4.69, 9.17) is 0 Å². The highest BCUT2D eigenvalue weighted by Gasteiger charge is 2.31. The van der Waals surface area contributed by atoms with Crippen LogP contribution in [0, 0.1) is 0 Å². The normalized spacial score (nSPS) is 13.5. The molecule has 2 aromatic carbocycles. The number of rotatable bonds is 4. The fourth-order valence-electron chi connectivity index (χ4n) is 3.31. The van der Waals surface area contributed by atoms with E-state index in [1.54, 1.807) is 24.3 Å². The first-order chi connectivity index (χ1) is 13.9. The molecule has 0 spiro atoms. The molecule has 0 fully saturated rings. The van der Waals surface area contributed by atoms with Gasteiger partial charge in [0.2, 0.25) is 0 Å². The molecule has 172 valence electrons. The van der Waals surface area contributed by atoms with Gasteiger partial charge in [0.05, 0.1) is 12.8 Å². The van der Waals surface area contributed by atoms with Gasteiger partial charge in [-0.3, -0.25) is 0 Å². The summed E-state index contributed by atoms with van der Waals surface area (Å²) in [7, 11) is 0. The highest BCUT2D eigenvalue weighted by Crippen LogP contribution is 2.42. The van der Waals surface area contributed by atoms with E-state index in [9.17, 15) is 26.3 Å². The molecule has 31 heavy (non-hydrogen) atoms. The number of hydrogen-bond donors (Lipinski definition) is 0. The van der Waals surface area contributed by atoms with Gasteiger partial charge in [0.25, 0.3) is 0 Å². The maximum absolute atomic E-state index is 12.9. The summed E-state index contributed by atoms with van der Waals surface area (Å²) in [5.74, 6) is 0. The monoisotopic (exact) mass is 462 g/mol. The third-order valence-electron chi connectivity index (χ3n) is 4.73. The molecule has 0 bridgehead atoms. The van der Waals surface area contributed by atoms with Crippen LogP contribution in [0.25, 0.3) is 0 Å². The van der Waals surface area contributed by atoms with Crippen LogP contribution < -0.4 is 0 Å². The fraction of sp³-hybridized carbons (Fsp3) is 0.500. The lowest BCUT2D eigenvalue weighted by Crippen LogP contribution is -2.17. The lowest BCUT2D eigenvalue weighted by Gasteiger charge is -2.27. The van der Waals surface area contributed by atoms with Gasteiger partial charge < -0.3 is 0 Å². The standard InChI is InChI=1S/C24H28F6S/c1-21(2,3)17-11-15(13-23(25,26)27)7-9-19(17)31-20-10-8-16(14-24(28,29)30)12-18(20)22(4,5)6/h7-12H,13-14H2,1-6H3. The van der Waals surface area contributed by atoms with Gasteiger partial charge in [0, 0.05) is 9.79 Å². The van der Waals surface area contributed by atoms with Crippen molar-refractivity contribution >= 4 is 11.8 Å². The second kappa shape index (κ2) is 8.72. The molecule has 0 aliphatic heterocycles. The summed E-state index contributed by atoms with van der Waals surface area (Å²) in [6.45, 7) is 11.6. The van der Waals surface area contributed by atoms with Crippen molar-refractivity contribution in [3.63, 3.8) is 0 Å². The largest absolute Gasteiger partial charge is 0.393 e. The van der Waals surface area contributed by atoms with Gasteiger partial charge in [-0.25, -0.2) is 0 Å². The lowest BCUT2D eigenvalue weighted by molar-refractivity contribution is -0.128. The third-order valence-corrected chi connectivity index (χ3v) is 5.88. The molecule has 0 N–H and O–H groups in total. The van der Waals surface area contributed by atoms with E-state index in [-0.39, 0.29) is 11.1 Å². The molecule has 2 rings (SSSR count). The Morgan fingerprint density at radius 1 is 0.581 bits per heavy atom. The highest BCUT2D eigenvalue weighted by molar-refractivity contribution is 7.99. The molecule has 0 heterocycles. The zero-order chi connectivity index (χ0) is 23.8. The Balaban J connectivity index is 2.51. The molecular weight excluding hydrogens is 434 g/mol. The van der Waals surface area contributed by atoms with Crippen molar-refractivity contribution in [2.75, 3.05) is 0 Å². The number of hydrogen-bond acceptors (Lipinski definition) is 1. The number of alkyl halides is 6. The summed E-state index contributed by atoms with van der Waals surface area (Å²) in [4.78, 5) is 1.60. The van der Waals surface area contributed by atoms with E-state index < -0.39 is 36.0 Å². The molecule has 7 heteroatoms. The van der Waals surface area contributed by atoms with E-state index >= 15 is 0 Å². The number of halogens is 6. The maximum atomic E-state index is 12.9. The average molecular weight is 463 g/mol. The van der Waals surface area contributed by atoms with Crippen molar-refractivity contribution < 1.29 is 26.3 Å². The summed E-state index contributed by atoms with van der Waals surface area (Å²) in [6, 6.07) is 9.49. The van der Waals surface area contributed by atoms with Gasteiger partial charge in [-0.1, -0.05) is 77.6 Å². The summed E-state index contributed by atoms with van der Waals surface area (Å²) in [5, 5.41) is 0. The molecule has 0 nitrogen and oxygen atoms in total. The molecule has 0 aliphatic rings. The lowest BCUT2D eigenvalue weighted by atomic mass is 9.85. The summed E-state index contributed by atoms with van der Waals surface area (Å²) in [5.41, 5.74) is 1.14. The second-order valence-electron chi connectivity index (χ2n) is 9.85. The van der Waals surface area contributed by atoms with Crippen LogP contribution in [0.5, 0.6) is 0 Å². The Hall–Kier alpha value is -1.63. The fourth-order valence-corrected chi connectivity index (χ4v) is 4.77. The predicted octanol–water partition coefficient (Wildman–Crippen LogP) is 8.64. The molecule has 0 atom stereocenters. The van der Waals surface area contributed by atoms with E-state index in [0.717, 1.165) is 20.9 Å². The Kier molecular flexibility index (Phi) is 7.21. The van der Waals surface area contributed by atoms with Crippen molar-refractivity contribution in [3.05, 3.63) is 58.7 Å². The number of benzene rings is 2. The van der Waals surface area contributed by atoms with Crippen molar-refractivity contribution in [1.82, 2.24) is 0 Å². The van der Waals surface area contributed by atoms with Crippen LogP contribution in [0.4, 0.5) is 26.3 Å². The smallest absolute Gasteiger partial charge is 0.171 e. The predicted molar refractivity (Wildman–Crippen MR) is 114 cm³/mol. The van der Waals surface area contributed by atoms with E-state index in [2.05, 4.69) is 0 Å². The van der Waals surface area contributed by atoms with Crippen molar-refractivity contribution in [1.29, 1.82) is 0 Å². The third kappa shape index (κ3) is 7.78. The maximum Gasteiger partial charge on any atom is 0.393 e. The Morgan fingerprint density at radius 2 is 0.903 bits per heavy atom. The van der Waals surface area contributed by atoms with E-state index in [0.29, 0.717) is 0 Å². The van der Waals surface area contributed by atoms with Gasteiger partial charge in [-0.2, -0.15) is 26.3 Å². The van der Waals surface area contributed by atoms with Crippen molar-refractivity contribution in [2.24, 2.45) is 0 Å². The molecule has 2 aromatic rings. The van der Waals surface area contributed by atoms with E-state index in [1.165, 1.54) is 23.9 Å². The highest BCUT2D eigenvalue weighted by atomic mass is 32.2. The van der Waals surface area contributed by atoms with Gasteiger partial charge in [-0.05, 0) is 45.2 Å². The summed E-state index contributed by atoms with van der Waals surface area (Å²) < 4.78 is 77.2. The van der Waals surface area contributed by atoms with Crippen LogP contribution in [0.1, 0.15) is 63.8 Å². The first-order valence-corrected chi connectivity index (χ1v) is 10.7. The minimum absolute atomic E-state index is 0.193. The minimum Gasteiger partial charge on any atom is -0.171 e. The molecule has 0 saturated carbocycles. The topological polar surface area (TPSA) is 0 Å². The van der Waals surface area contributed by atoms with Gasteiger partial charge in [0.1, 0.15) is 0 Å². The molecule has 0 aromatic heterocycles. The average Bonchev–Trinajstić information content (AvgIpc) is 2.53. The Morgan fingerprint density at radius 3 is 1.16 bits per heavy atom.